The molecule has 4 fully saturated rings. The lowest BCUT2D eigenvalue weighted by Gasteiger charge is -2.40. The standard InChI is InChI=1S/C35H51N5O8S/c1-33(2,3)28(38-32(46)39-35(14-7-6-8-15-35)19-49(47,48)22-11-9-10-21(41)17-22)31(45)40-18-23-25(34(23,4)5)26(40)30(44)37-24(16-20-12-13-20)27(42)29(36)43/h9-11,17,20,23-26,28,41H,6-8,12-16,18-19H2,1-5H3,(H2,36,43)(H,37,44)(H2,38,39,46)/t23-,24?,25?,26-,28+/m0/s1. The number of piperidine rings is 1. The highest BCUT2D eigenvalue weighted by molar-refractivity contribution is 7.91. The number of hydrogen-bond acceptors (Lipinski definition) is 8. The Kier molecular flexibility index (Phi) is 9.87. The van der Waals surface area contributed by atoms with Crippen molar-refractivity contribution in [3.05, 3.63) is 24.3 Å². The first-order valence-corrected chi connectivity index (χ1v) is 19.0. The molecular weight excluding hydrogens is 650 g/mol. The number of fused-ring (bicyclic) bond motifs is 1. The summed E-state index contributed by atoms with van der Waals surface area (Å²) >= 11 is 0. The van der Waals surface area contributed by atoms with E-state index in [-0.39, 0.29) is 46.1 Å². The van der Waals surface area contributed by atoms with Crippen molar-refractivity contribution < 1.29 is 37.5 Å². The molecule has 2 unspecified atom stereocenters. The smallest absolute Gasteiger partial charge is 0.315 e. The number of amides is 5. The van der Waals surface area contributed by atoms with Crippen LogP contribution in [0, 0.1) is 28.6 Å². The van der Waals surface area contributed by atoms with Gasteiger partial charge in [-0.2, -0.15) is 0 Å². The van der Waals surface area contributed by atoms with Crippen LogP contribution in [0.3, 0.4) is 0 Å². The van der Waals surface area contributed by atoms with E-state index in [2.05, 4.69) is 16.0 Å². The zero-order valence-corrected chi connectivity index (χ0v) is 29.9. The van der Waals surface area contributed by atoms with Crippen molar-refractivity contribution in [2.75, 3.05) is 12.3 Å². The number of likely N-dealkylation sites (tertiary alicyclic amines) is 1. The van der Waals surface area contributed by atoms with Crippen molar-refractivity contribution in [3.63, 3.8) is 0 Å². The van der Waals surface area contributed by atoms with Gasteiger partial charge in [-0.05, 0) is 66.0 Å². The van der Waals surface area contributed by atoms with Gasteiger partial charge in [0.15, 0.2) is 9.84 Å². The van der Waals surface area contributed by atoms with Gasteiger partial charge in [0.25, 0.3) is 5.91 Å². The number of carbonyl (C=O) groups is 5. The number of carbonyl (C=O) groups excluding carboxylic acids is 5. The number of aromatic hydroxyl groups is 1. The molecule has 5 amide bonds. The number of nitrogens with zero attached hydrogens (tertiary/aromatic N) is 1. The Labute approximate surface area is 288 Å². The minimum Gasteiger partial charge on any atom is -0.508 e. The maximum Gasteiger partial charge on any atom is 0.315 e. The third-order valence-electron chi connectivity index (χ3n) is 11.1. The fourth-order valence-corrected chi connectivity index (χ4v) is 9.88. The first-order chi connectivity index (χ1) is 22.8. The summed E-state index contributed by atoms with van der Waals surface area (Å²) in [6.45, 7) is 9.74. The van der Waals surface area contributed by atoms with Gasteiger partial charge in [0.05, 0.1) is 22.2 Å². The molecule has 1 aliphatic heterocycles. The molecule has 14 heteroatoms. The number of urea groups is 1. The average molecular weight is 702 g/mol. The molecule has 270 valence electrons. The van der Waals surface area contributed by atoms with Crippen LogP contribution in [-0.2, 0) is 29.0 Å². The second-order valence-corrected chi connectivity index (χ2v) is 18.3. The van der Waals surface area contributed by atoms with E-state index in [9.17, 15) is 37.5 Å². The lowest BCUT2D eigenvalue weighted by Crippen LogP contribution is -2.63. The fourth-order valence-electron chi connectivity index (χ4n) is 8.04. The van der Waals surface area contributed by atoms with Crippen LogP contribution >= 0.6 is 0 Å². The SMILES string of the molecule is CC(C)(C)[C@H](NC(=O)NC1(CS(=O)(=O)c2cccc(O)c2)CCCCC1)C(=O)N1C[C@H]2C([C@H]1C(=O)NC(CC1CC1)C(=O)C(N)=O)C2(C)C. The van der Waals surface area contributed by atoms with E-state index in [1.807, 2.05) is 13.8 Å². The molecule has 1 aromatic carbocycles. The zero-order chi connectivity index (χ0) is 36.1. The molecule has 5 rings (SSSR count). The normalized spacial score (nSPS) is 25.3. The Balaban J connectivity index is 1.35. The van der Waals surface area contributed by atoms with Gasteiger partial charge in [0.1, 0.15) is 17.8 Å². The highest BCUT2D eigenvalue weighted by Gasteiger charge is 2.70. The maximum absolute atomic E-state index is 14.4. The molecule has 49 heavy (non-hydrogen) atoms. The number of nitrogens with one attached hydrogen (secondary N) is 3. The summed E-state index contributed by atoms with van der Waals surface area (Å²) < 4.78 is 27.0. The van der Waals surface area contributed by atoms with Crippen LogP contribution in [0.15, 0.2) is 29.2 Å². The van der Waals surface area contributed by atoms with Crippen molar-refractivity contribution in [1.82, 2.24) is 20.9 Å². The quantitative estimate of drug-likeness (QED) is 0.204. The Morgan fingerprint density at radius 3 is 2.27 bits per heavy atom. The average Bonchev–Trinajstić information content (AvgIpc) is 3.85. The molecule has 0 spiro atoms. The molecule has 1 heterocycles. The Morgan fingerprint density at radius 2 is 1.69 bits per heavy atom. The number of sulfone groups is 1. The molecule has 0 aromatic heterocycles. The van der Waals surface area contributed by atoms with Crippen molar-refractivity contribution in [2.24, 2.45) is 34.3 Å². The fraction of sp³-hybridized carbons (Fsp3) is 0.686. The van der Waals surface area contributed by atoms with Gasteiger partial charge in [-0.3, -0.25) is 19.2 Å². The molecule has 13 nitrogen and oxygen atoms in total. The highest BCUT2D eigenvalue weighted by Crippen LogP contribution is 2.65. The molecule has 1 saturated heterocycles. The lowest BCUT2D eigenvalue weighted by molar-refractivity contribution is -0.145. The van der Waals surface area contributed by atoms with E-state index in [1.54, 1.807) is 20.8 Å². The van der Waals surface area contributed by atoms with Gasteiger partial charge in [0.2, 0.25) is 17.6 Å². The molecular formula is C35H51N5O8S. The minimum absolute atomic E-state index is 0.0310. The third-order valence-corrected chi connectivity index (χ3v) is 13.0. The van der Waals surface area contributed by atoms with Gasteiger partial charge in [-0.25, -0.2) is 13.2 Å². The second-order valence-electron chi connectivity index (χ2n) is 16.4. The van der Waals surface area contributed by atoms with Crippen molar-refractivity contribution in [1.29, 1.82) is 0 Å². The van der Waals surface area contributed by atoms with Gasteiger partial charge >= 0.3 is 6.03 Å². The predicted molar refractivity (Wildman–Crippen MR) is 181 cm³/mol. The summed E-state index contributed by atoms with van der Waals surface area (Å²) in [4.78, 5) is 68.0. The molecule has 3 aliphatic carbocycles. The molecule has 4 aliphatic rings. The minimum atomic E-state index is -3.90. The van der Waals surface area contributed by atoms with E-state index >= 15 is 0 Å². The Morgan fingerprint density at radius 1 is 1.04 bits per heavy atom. The van der Waals surface area contributed by atoms with Gasteiger partial charge in [0, 0.05) is 6.54 Å². The van der Waals surface area contributed by atoms with Crippen molar-refractivity contribution in [3.8, 4) is 5.75 Å². The summed E-state index contributed by atoms with van der Waals surface area (Å²) in [5.41, 5.74) is 3.18. The first-order valence-electron chi connectivity index (χ1n) is 17.3. The molecule has 0 radical (unpaired) electrons. The van der Waals surface area contributed by atoms with Crippen molar-refractivity contribution in [2.45, 2.75) is 115 Å². The number of phenols is 1. The monoisotopic (exact) mass is 701 g/mol. The number of nitrogens with two attached hydrogens (primary N) is 1. The highest BCUT2D eigenvalue weighted by atomic mass is 32.2. The van der Waals surface area contributed by atoms with Gasteiger partial charge in [-0.15, -0.1) is 0 Å². The van der Waals surface area contributed by atoms with E-state index in [4.69, 9.17) is 5.73 Å². The molecule has 0 bridgehead atoms. The number of hydrogen-bond donors (Lipinski definition) is 5. The van der Waals surface area contributed by atoms with Crippen LogP contribution in [0.2, 0.25) is 0 Å². The zero-order valence-electron chi connectivity index (χ0n) is 29.1. The van der Waals surface area contributed by atoms with Crippen LogP contribution in [0.1, 0.15) is 86.0 Å². The number of ketones is 1. The van der Waals surface area contributed by atoms with Gasteiger partial charge in [-0.1, -0.05) is 72.8 Å². The summed E-state index contributed by atoms with van der Waals surface area (Å²) in [6.07, 6.45) is 5.26. The van der Waals surface area contributed by atoms with E-state index in [1.165, 1.54) is 29.2 Å². The molecule has 3 saturated carbocycles. The topological polar surface area (TPSA) is 205 Å². The molecule has 1 aromatic rings. The number of primary amides is 1. The van der Waals surface area contributed by atoms with E-state index < -0.39 is 68.5 Å². The number of benzene rings is 1. The Bertz CT molecular complexity index is 1610. The lowest BCUT2D eigenvalue weighted by atomic mass is 9.83. The third kappa shape index (κ3) is 7.89. The van der Waals surface area contributed by atoms with Crippen LogP contribution < -0.4 is 21.7 Å². The molecule has 6 N–H and O–H groups in total. The van der Waals surface area contributed by atoms with Crippen LogP contribution in [0.5, 0.6) is 5.75 Å². The summed E-state index contributed by atoms with van der Waals surface area (Å²) in [7, 11) is -3.90. The van der Waals surface area contributed by atoms with E-state index in [0.717, 1.165) is 19.3 Å². The Hall–Kier alpha value is -3.68. The number of phenolic OH excluding ortho intramolecular Hbond substituents is 1. The number of Topliss-reactive ketones (excluding diaryl/α,β-unsaturated/α-hetero) is 1. The second kappa shape index (κ2) is 13.2. The molecule has 5 atom stereocenters. The van der Waals surface area contributed by atoms with E-state index in [0.29, 0.717) is 32.1 Å². The predicted octanol–water partition coefficient (Wildman–Crippen LogP) is 2.41. The summed E-state index contributed by atoms with van der Waals surface area (Å²) in [6, 6.07) is 1.68. The summed E-state index contributed by atoms with van der Waals surface area (Å²) in [5.74, 6) is -3.45. The largest absolute Gasteiger partial charge is 0.508 e. The summed E-state index contributed by atoms with van der Waals surface area (Å²) in [5, 5.41) is 18.4. The number of rotatable bonds is 12. The first kappa shape index (κ1) is 36.6. The van der Waals surface area contributed by atoms with Crippen LogP contribution in [0.25, 0.3) is 0 Å². The van der Waals surface area contributed by atoms with Gasteiger partial charge < -0.3 is 31.7 Å². The van der Waals surface area contributed by atoms with Crippen LogP contribution in [0.4, 0.5) is 4.79 Å². The van der Waals surface area contributed by atoms with Crippen molar-refractivity contribution >= 4 is 39.4 Å². The maximum atomic E-state index is 14.4. The van der Waals surface area contributed by atoms with Crippen LogP contribution in [-0.4, -0.2) is 83.9 Å².